The summed E-state index contributed by atoms with van der Waals surface area (Å²) >= 11 is 0. The number of hydrogen-bond donors (Lipinski definition) is 2. The minimum atomic E-state index is -0.247. The minimum absolute atomic E-state index is 0.247. The number of hydrogen-bond acceptors (Lipinski definition) is 3. The highest BCUT2D eigenvalue weighted by atomic mass is 16.2. The molecule has 0 bridgehead atoms. The van der Waals surface area contributed by atoms with Crippen LogP contribution in [0.1, 0.15) is 26.7 Å². The molecule has 2 rings (SSSR count). The van der Waals surface area contributed by atoms with Crippen LogP contribution >= 0.6 is 0 Å². The van der Waals surface area contributed by atoms with Crippen molar-refractivity contribution >= 4 is 5.91 Å². The van der Waals surface area contributed by atoms with Crippen LogP contribution in [-0.2, 0) is 4.79 Å². The lowest BCUT2D eigenvalue weighted by atomic mass is 9.90. The number of nitrogens with zero attached hydrogens (tertiary/aromatic N) is 1. The van der Waals surface area contributed by atoms with Crippen LogP contribution in [0, 0.1) is 11.3 Å². The fourth-order valence-corrected chi connectivity index (χ4v) is 2.77. The van der Waals surface area contributed by atoms with Crippen molar-refractivity contribution in [3.05, 3.63) is 0 Å². The fraction of sp³-hybridized carbons (Fsp3) is 0.923. The van der Waals surface area contributed by atoms with Gasteiger partial charge in [0.15, 0.2) is 0 Å². The molecule has 2 aliphatic rings. The predicted octanol–water partition coefficient (Wildman–Crippen LogP) is 0.444. The van der Waals surface area contributed by atoms with Gasteiger partial charge in [-0.1, -0.05) is 0 Å². The topological polar surface area (TPSA) is 44.4 Å². The number of nitrogens with one attached hydrogen (secondary N) is 2. The summed E-state index contributed by atoms with van der Waals surface area (Å²) in [5, 5.41) is 6.74. The molecule has 0 aromatic heterocycles. The zero-order chi connectivity index (χ0) is 12.3. The summed E-state index contributed by atoms with van der Waals surface area (Å²) in [6, 6.07) is 0. The monoisotopic (exact) mass is 239 g/mol. The average Bonchev–Trinajstić information content (AvgIpc) is 2.44. The number of piperidine rings is 1. The second kappa shape index (κ2) is 5.36. The van der Waals surface area contributed by atoms with Crippen LogP contribution in [0.5, 0.6) is 0 Å². The number of rotatable bonds is 2. The van der Waals surface area contributed by atoms with Gasteiger partial charge < -0.3 is 15.5 Å². The van der Waals surface area contributed by atoms with E-state index in [9.17, 15) is 4.79 Å². The Balaban J connectivity index is 1.95. The summed E-state index contributed by atoms with van der Waals surface area (Å²) in [6.07, 6.45) is 2.41. The zero-order valence-electron chi connectivity index (χ0n) is 11.1. The molecule has 0 aromatic carbocycles. The number of amides is 1. The van der Waals surface area contributed by atoms with Crippen molar-refractivity contribution in [1.82, 2.24) is 15.5 Å². The molecule has 2 heterocycles. The van der Waals surface area contributed by atoms with Gasteiger partial charge in [0.2, 0.25) is 5.91 Å². The Morgan fingerprint density at radius 3 is 2.65 bits per heavy atom. The van der Waals surface area contributed by atoms with Crippen molar-refractivity contribution in [2.75, 3.05) is 39.3 Å². The first kappa shape index (κ1) is 12.8. The van der Waals surface area contributed by atoms with Crippen LogP contribution < -0.4 is 10.6 Å². The molecule has 4 heteroatoms. The Labute approximate surface area is 104 Å². The predicted molar refractivity (Wildman–Crippen MR) is 68.8 cm³/mol. The first-order valence-electron chi connectivity index (χ1n) is 6.80. The summed E-state index contributed by atoms with van der Waals surface area (Å²) in [7, 11) is 0. The molecule has 0 unspecified atom stereocenters. The Kier molecular flexibility index (Phi) is 4.05. The van der Waals surface area contributed by atoms with Crippen LogP contribution in [0.15, 0.2) is 0 Å². The third-order valence-electron chi connectivity index (χ3n) is 3.93. The molecule has 0 spiro atoms. The van der Waals surface area contributed by atoms with E-state index in [-0.39, 0.29) is 5.41 Å². The van der Waals surface area contributed by atoms with Crippen LogP contribution in [0.25, 0.3) is 0 Å². The molecule has 0 aromatic rings. The van der Waals surface area contributed by atoms with E-state index in [0.717, 1.165) is 39.3 Å². The Hall–Kier alpha value is -0.610. The van der Waals surface area contributed by atoms with Gasteiger partial charge in [-0.3, -0.25) is 4.79 Å². The van der Waals surface area contributed by atoms with Gasteiger partial charge >= 0.3 is 0 Å². The molecule has 0 radical (unpaired) electrons. The van der Waals surface area contributed by atoms with E-state index >= 15 is 0 Å². The van der Waals surface area contributed by atoms with Gasteiger partial charge in [0.25, 0.3) is 0 Å². The quantitative estimate of drug-likeness (QED) is 0.735. The lowest BCUT2D eigenvalue weighted by Gasteiger charge is -2.33. The average molecular weight is 239 g/mol. The van der Waals surface area contributed by atoms with Gasteiger partial charge in [-0.2, -0.15) is 0 Å². The molecule has 2 N–H and O–H groups in total. The van der Waals surface area contributed by atoms with Gasteiger partial charge in [-0.25, -0.2) is 0 Å². The third kappa shape index (κ3) is 3.19. The molecule has 2 fully saturated rings. The molecular weight excluding hydrogens is 214 g/mol. The lowest BCUT2D eigenvalue weighted by Crippen LogP contribution is -2.45. The standard InChI is InChI=1S/C13H25N3O/c1-13(2)10-15-7-8-16(12(13)17)9-11-3-5-14-6-4-11/h11,14-15H,3-10H2,1-2H3. The maximum absolute atomic E-state index is 12.4. The highest BCUT2D eigenvalue weighted by Crippen LogP contribution is 2.22. The lowest BCUT2D eigenvalue weighted by molar-refractivity contribution is -0.139. The highest BCUT2D eigenvalue weighted by molar-refractivity contribution is 5.82. The van der Waals surface area contributed by atoms with E-state index in [1.165, 1.54) is 12.8 Å². The van der Waals surface area contributed by atoms with Gasteiger partial charge in [-0.05, 0) is 45.7 Å². The normalized spacial score (nSPS) is 26.9. The van der Waals surface area contributed by atoms with Gasteiger partial charge in [0.1, 0.15) is 0 Å². The van der Waals surface area contributed by atoms with Crippen molar-refractivity contribution in [3.8, 4) is 0 Å². The van der Waals surface area contributed by atoms with Crippen molar-refractivity contribution in [3.63, 3.8) is 0 Å². The first-order valence-corrected chi connectivity index (χ1v) is 6.80. The van der Waals surface area contributed by atoms with Crippen LogP contribution in [0.3, 0.4) is 0 Å². The van der Waals surface area contributed by atoms with Gasteiger partial charge in [-0.15, -0.1) is 0 Å². The molecule has 2 saturated heterocycles. The van der Waals surface area contributed by atoms with Crippen LogP contribution in [-0.4, -0.2) is 50.1 Å². The van der Waals surface area contributed by atoms with Crippen LogP contribution in [0.4, 0.5) is 0 Å². The van der Waals surface area contributed by atoms with Gasteiger partial charge in [0.05, 0.1) is 5.41 Å². The molecule has 98 valence electrons. The molecule has 0 aliphatic carbocycles. The molecular formula is C13H25N3O. The molecule has 0 saturated carbocycles. The van der Waals surface area contributed by atoms with Gasteiger partial charge in [0, 0.05) is 26.2 Å². The molecule has 4 nitrogen and oxygen atoms in total. The van der Waals surface area contributed by atoms with E-state index in [0.29, 0.717) is 11.8 Å². The van der Waals surface area contributed by atoms with Crippen molar-refractivity contribution < 1.29 is 4.79 Å². The molecule has 17 heavy (non-hydrogen) atoms. The first-order chi connectivity index (χ1) is 8.09. The second-order valence-electron chi connectivity index (χ2n) is 6.01. The van der Waals surface area contributed by atoms with Crippen LogP contribution in [0.2, 0.25) is 0 Å². The largest absolute Gasteiger partial charge is 0.341 e. The summed E-state index contributed by atoms with van der Waals surface area (Å²) in [4.78, 5) is 14.5. The SMILES string of the molecule is CC1(C)CNCCN(CC2CCNCC2)C1=O. The Morgan fingerprint density at radius 2 is 1.94 bits per heavy atom. The summed E-state index contributed by atoms with van der Waals surface area (Å²) in [5.41, 5.74) is -0.247. The Bertz CT molecular complexity index is 272. The molecule has 0 atom stereocenters. The van der Waals surface area contributed by atoms with E-state index in [1.54, 1.807) is 0 Å². The maximum atomic E-state index is 12.4. The smallest absolute Gasteiger partial charge is 0.229 e. The molecule has 2 aliphatic heterocycles. The Morgan fingerprint density at radius 1 is 1.24 bits per heavy atom. The van der Waals surface area contributed by atoms with E-state index in [2.05, 4.69) is 15.5 Å². The maximum Gasteiger partial charge on any atom is 0.229 e. The zero-order valence-corrected chi connectivity index (χ0v) is 11.1. The number of carbonyl (C=O) groups is 1. The second-order valence-corrected chi connectivity index (χ2v) is 6.01. The summed E-state index contributed by atoms with van der Waals surface area (Å²) in [5.74, 6) is 1.01. The number of carbonyl (C=O) groups excluding carboxylic acids is 1. The third-order valence-corrected chi connectivity index (χ3v) is 3.93. The van der Waals surface area contributed by atoms with E-state index in [1.807, 2.05) is 13.8 Å². The van der Waals surface area contributed by atoms with Crippen molar-refractivity contribution in [2.24, 2.45) is 11.3 Å². The van der Waals surface area contributed by atoms with E-state index < -0.39 is 0 Å². The molecule has 1 amide bonds. The fourth-order valence-electron chi connectivity index (χ4n) is 2.77. The summed E-state index contributed by atoms with van der Waals surface area (Å²) < 4.78 is 0. The van der Waals surface area contributed by atoms with Crippen molar-refractivity contribution in [1.29, 1.82) is 0 Å². The van der Waals surface area contributed by atoms with Crippen molar-refractivity contribution in [2.45, 2.75) is 26.7 Å². The van der Waals surface area contributed by atoms with E-state index in [4.69, 9.17) is 0 Å². The summed E-state index contributed by atoms with van der Waals surface area (Å²) in [6.45, 7) is 9.85. The minimum Gasteiger partial charge on any atom is -0.341 e. The highest BCUT2D eigenvalue weighted by Gasteiger charge is 2.34.